The van der Waals surface area contributed by atoms with Crippen molar-refractivity contribution in [2.75, 3.05) is 13.2 Å². The second-order valence-corrected chi connectivity index (χ2v) is 4.40. The van der Waals surface area contributed by atoms with Crippen LogP contribution >= 0.6 is 0 Å². The van der Waals surface area contributed by atoms with Gasteiger partial charge >= 0.3 is 0 Å². The van der Waals surface area contributed by atoms with Crippen molar-refractivity contribution in [3.05, 3.63) is 35.4 Å². The third-order valence-electron chi connectivity index (χ3n) is 3.16. The summed E-state index contributed by atoms with van der Waals surface area (Å²) in [6.45, 7) is 2.51. The van der Waals surface area contributed by atoms with E-state index in [9.17, 15) is 0 Å². The van der Waals surface area contributed by atoms with Crippen LogP contribution in [0, 0.1) is 0 Å². The second-order valence-electron chi connectivity index (χ2n) is 4.40. The maximum absolute atomic E-state index is 9.05. The third-order valence-corrected chi connectivity index (χ3v) is 3.16. The van der Waals surface area contributed by atoms with E-state index in [0.717, 1.165) is 13.1 Å². The molecule has 1 aliphatic rings. The van der Waals surface area contributed by atoms with Crippen LogP contribution in [0.3, 0.4) is 0 Å². The molecule has 0 saturated heterocycles. The van der Waals surface area contributed by atoms with Gasteiger partial charge in [-0.2, -0.15) is 0 Å². The molecule has 0 atom stereocenters. The van der Waals surface area contributed by atoms with Crippen LogP contribution in [0.25, 0.3) is 0 Å². The van der Waals surface area contributed by atoms with Gasteiger partial charge in [0.25, 0.3) is 0 Å². The Hall–Kier alpha value is -0.900. The van der Waals surface area contributed by atoms with E-state index in [4.69, 9.17) is 10.8 Å². The van der Waals surface area contributed by atoms with E-state index in [2.05, 4.69) is 23.1 Å². The van der Waals surface area contributed by atoms with Gasteiger partial charge in [-0.15, -0.1) is 0 Å². The molecule has 0 heterocycles. The molecule has 0 amide bonds. The fourth-order valence-electron chi connectivity index (χ4n) is 2.09. The first-order valence-electron chi connectivity index (χ1n) is 5.97. The first kappa shape index (κ1) is 11.6. The summed E-state index contributed by atoms with van der Waals surface area (Å²) in [6.07, 6.45) is 2.54. The highest BCUT2D eigenvalue weighted by molar-refractivity contribution is 5.27. The summed E-state index contributed by atoms with van der Waals surface area (Å²) >= 11 is 0. The van der Waals surface area contributed by atoms with Crippen molar-refractivity contribution in [3.8, 4) is 0 Å². The summed E-state index contributed by atoms with van der Waals surface area (Å²) in [4.78, 5) is 2.36. The van der Waals surface area contributed by atoms with E-state index in [1.165, 1.54) is 24.0 Å². The van der Waals surface area contributed by atoms with E-state index >= 15 is 0 Å². The van der Waals surface area contributed by atoms with Crippen molar-refractivity contribution < 1.29 is 5.11 Å². The van der Waals surface area contributed by atoms with Gasteiger partial charge in [0.2, 0.25) is 0 Å². The van der Waals surface area contributed by atoms with Gasteiger partial charge < -0.3 is 10.8 Å². The summed E-state index contributed by atoms with van der Waals surface area (Å²) in [6, 6.07) is 8.98. The van der Waals surface area contributed by atoms with Crippen LogP contribution < -0.4 is 5.73 Å². The minimum atomic E-state index is 0.237. The quantitative estimate of drug-likeness (QED) is 0.755. The maximum Gasteiger partial charge on any atom is 0.0558 e. The molecule has 3 N–H and O–H groups in total. The predicted octanol–water partition coefficient (Wildman–Crippen LogP) is 1.10. The van der Waals surface area contributed by atoms with E-state index in [-0.39, 0.29) is 6.61 Å². The van der Waals surface area contributed by atoms with Crippen LogP contribution in [0.5, 0.6) is 0 Å². The number of rotatable bonds is 6. The van der Waals surface area contributed by atoms with Gasteiger partial charge in [0.15, 0.2) is 0 Å². The van der Waals surface area contributed by atoms with Crippen LogP contribution in [-0.4, -0.2) is 29.2 Å². The zero-order chi connectivity index (χ0) is 11.4. The average molecular weight is 220 g/mol. The third kappa shape index (κ3) is 2.82. The number of benzene rings is 1. The fraction of sp³-hybridized carbons (Fsp3) is 0.538. The molecule has 0 unspecified atom stereocenters. The molecule has 1 fully saturated rings. The molecule has 16 heavy (non-hydrogen) atoms. The molecule has 88 valence electrons. The lowest BCUT2D eigenvalue weighted by atomic mass is 10.1. The van der Waals surface area contributed by atoms with Crippen molar-refractivity contribution in [3.63, 3.8) is 0 Å². The zero-order valence-corrected chi connectivity index (χ0v) is 9.60. The first-order valence-corrected chi connectivity index (χ1v) is 5.97. The molecule has 1 saturated carbocycles. The molecule has 1 aromatic carbocycles. The predicted molar refractivity (Wildman–Crippen MR) is 64.9 cm³/mol. The molecule has 2 rings (SSSR count). The Morgan fingerprint density at radius 1 is 1.25 bits per heavy atom. The summed E-state index contributed by atoms with van der Waals surface area (Å²) in [7, 11) is 0. The Morgan fingerprint density at radius 2 is 1.94 bits per heavy atom. The minimum Gasteiger partial charge on any atom is -0.395 e. The SMILES string of the molecule is NCc1ccccc1CN(CCO)C1CC1. The molecule has 1 aromatic rings. The van der Waals surface area contributed by atoms with E-state index in [1.807, 2.05) is 6.07 Å². The smallest absolute Gasteiger partial charge is 0.0558 e. The number of aliphatic hydroxyl groups excluding tert-OH is 1. The molecule has 0 radical (unpaired) electrons. The van der Waals surface area contributed by atoms with Crippen LogP contribution in [-0.2, 0) is 13.1 Å². The van der Waals surface area contributed by atoms with Crippen LogP contribution in [0.4, 0.5) is 0 Å². The highest BCUT2D eigenvalue weighted by Gasteiger charge is 2.28. The van der Waals surface area contributed by atoms with Crippen molar-refractivity contribution in [2.45, 2.75) is 32.0 Å². The summed E-state index contributed by atoms with van der Waals surface area (Å²) in [5.41, 5.74) is 8.23. The van der Waals surface area contributed by atoms with Crippen LogP contribution in [0.1, 0.15) is 24.0 Å². The fourth-order valence-corrected chi connectivity index (χ4v) is 2.09. The van der Waals surface area contributed by atoms with E-state index in [0.29, 0.717) is 12.6 Å². The normalized spacial score (nSPS) is 15.7. The number of aliphatic hydroxyl groups is 1. The molecule has 0 spiro atoms. The average Bonchev–Trinajstić information content (AvgIpc) is 3.13. The zero-order valence-electron chi connectivity index (χ0n) is 9.60. The molecular weight excluding hydrogens is 200 g/mol. The molecule has 0 aliphatic heterocycles. The monoisotopic (exact) mass is 220 g/mol. The number of hydrogen-bond acceptors (Lipinski definition) is 3. The summed E-state index contributed by atoms with van der Waals surface area (Å²) in [5.74, 6) is 0. The van der Waals surface area contributed by atoms with Gasteiger partial charge in [0, 0.05) is 25.7 Å². The van der Waals surface area contributed by atoms with Gasteiger partial charge in [-0.1, -0.05) is 24.3 Å². The highest BCUT2D eigenvalue weighted by atomic mass is 16.3. The Kier molecular flexibility index (Phi) is 3.93. The molecule has 1 aliphatic carbocycles. The second kappa shape index (κ2) is 5.43. The van der Waals surface area contributed by atoms with Crippen molar-refractivity contribution in [2.24, 2.45) is 5.73 Å². The summed E-state index contributed by atoms with van der Waals surface area (Å²) < 4.78 is 0. The lowest BCUT2D eigenvalue weighted by molar-refractivity contribution is 0.183. The van der Waals surface area contributed by atoms with Crippen molar-refractivity contribution in [1.29, 1.82) is 0 Å². The van der Waals surface area contributed by atoms with Gasteiger partial charge in [-0.05, 0) is 24.0 Å². The van der Waals surface area contributed by atoms with E-state index in [1.54, 1.807) is 0 Å². The largest absolute Gasteiger partial charge is 0.395 e. The highest BCUT2D eigenvalue weighted by Crippen LogP contribution is 2.28. The minimum absolute atomic E-state index is 0.237. The van der Waals surface area contributed by atoms with Crippen molar-refractivity contribution in [1.82, 2.24) is 4.90 Å². The van der Waals surface area contributed by atoms with E-state index < -0.39 is 0 Å². The molecule has 0 bridgehead atoms. The molecular formula is C13H20N2O. The van der Waals surface area contributed by atoms with Gasteiger partial charge in [0.1, 0.15) is 0 Å². The Balaban J connectivity index is 2.05. The van der Waals surface area contributed by atoms with Crippen molar-refractivity contribution >= 4 is 0 Å². The number of nitrogens with zero attached hydrogens (tertiary/aromatic N) is 1. The van der Waals surface area contributed by atoms with Gasteiger partial charge in [-0.25, -0.2) is 0 Å². The van der Waals surface area contributed by atoms with Gasteiger partial charge in [0.05, 0.1) is 6.61 Å². The van der Waals surface area contributed by atoms with Crippen LogP contribution in [0.15, 0.2) is 24.3 Å². The Morgan fingerprint density at radius 3 is 2.50 bits per heavy atom. The summed E-state index contributed by atoms with van der Waals surface area (Å²) in [5, 5.41) is 9.05. The van der Waals surface area contributed by atoms with Crippen LogP contribution in [0.2, 0.25) is 0 Å². The molecule has 0 aromatic heterocycles. The number of nitrogens with two attached hydrogens (primary N) is 1. The maximum atomic E-state index is 9.05. The van der Waals surface area contributed by atoms with Gasteiger partial charge in [-0.3, -0.25) is 4.90 Å². The Bertz CT molecular complexity index is 336. The Labute approximate surface area is 96.9 Å². The standard InChI is InChI=1S/C13H20N2O/c14-9-11-3-1-2-4-12(11)10-15(7-8-16)13-5-6-13/h1-4,13,16H,5-10,14H2. The topological polar surface area (TPSA) is 49.5 Å². The number of hydrogen-bond donors (Lipinski definition) is 2. The first-order chi connectivity index (χ1) is 7.85. The molecule has 3 heteroatoms. The lowest BCUT2D eigenvalue weighted by Gasteiger charge is -2.22. The molecule has 3 nitrogen and oxygen atoms in total. The lowest BCUT2D eigenvalue weighted by Crippen LogP contribution is -2.29.